The summed E-state index contributed by atoms with van der Waals surface area (Å²) in [6.45, 7) is 3.98. The quantitative estimate of drug-likeness (QED) is 0.353. The van der Waals surface area contributed by atoms with E-state index in [-0.39, 0.29) is 22.9 Å². The lowest BCUT2D eigenvalue weighted by molar-refractivity contribution is -0.171. The van der Waals surface area contributed by atoms with Crippen LogP contribution in [0.15, 0.2) is 0 Å². The molecule has 2 unspecified atom stereocenters. The van der Waals surface area contributed by atoms with Crippen LogP contribution >= 0.6 is 0 Å². The second kappa shape index (κ2) is 7.94. The second-order valence-corrected chi connectivity index (χ2v) is 5.70. The van der Waals surface area contributed by atoms with Crippen molar-refractivity contribution in [3.63, 3.8) is 0 Å². The molecule has 0 aromatic rings. The van der Waals surface area contributed by atoms with Crippen molar-refractivity contribution in [2.45, 2.75) is 45.2 Å². The highest BCUT2D eigenvalue weighted by Gasteiger charge is 2.30. The molecule has 1 aliphatic heterocycles. The molecule has 1 aliphatic rings. The predicted molar refractivity (Wildman–Crippen MR) is 75.1 cm³/mol. The minimum absolute atomic E-state index is 0.137. The molecule has 1 heterocycles. The maximum Gasteiger partial charge on any atom is 0.268 e. The van der Waals surface area contributed by atoms with Crippen LogP contribution < -0.4 is 16.4 Å². The van der Waals surface area contributed by atoms with Crippen LogP contribution in [0.2, 0.25) is 0 Å². The van der Waals surface area contributed by atoms with Gasteiger partial charge in [-0.1, -0.05) is 13.8 Å². The smallest absolute Gasteiger partial charge is 0.268 e. The number of hydrogen-bond donors (Lipinski definition) is 4. The number of hydroxylamine groups is 2. The fourth-order valence-corrected chi connectivity index (χ4v) is 2.28. The SMILES string of the molecule is CC(C)CC(NC(=O)C1CCCN1)C(=O)N(O)CC(N)=O. The lowest BCUT2D eigenvalue weighted by Gasteiger charge is -2.24. The third kappa shape index (κ3) is 5.68. The molecule has 120 valence electrons. The molecule has 0 aliphatic carbocycles. The Bertz CT molecular complexity index is 394. The van der Waals surface area contributed by atoms with Gasteiger partial charge in [-0.2, -0.15) is 0 Å². The van der Waals surface area contributed by atoms with Crippen molar-refractivity contribution in [2.24, 2.45) is 11.7 Å². The van der Waals surface area contributed by atoms with Crippen LogP contribution in [0, 0.1) is 5.92 Å². The molecule has 0 radical (unpaired) electrons. The van der Waals surface area contributed by atoms with Crippen LogP contribution in [-0.4, -0.2) is 53.2 Å². The number of carbonyl (C=O) groups excluding carboxylic acids is 3. The van der Waals surface area contributed by atoms with Crippen molar-refractivity contribution in [3.8, 4) is 0 Å². The molecular weight excluding hydrogens is 276 g/mol. The molecular formula is C13H24N4O4. The Balaban J connectivity index is 2.67. The Morgan fingerprint density at radius 1 is 1.43 bits per heavy atom. The van der Waals surface area contributed by atoms with Crippen LogP contribution in [0.1, 0.15) is 33.1 Å². The molecule has 21 heavy (non-hydrogen) atoms. The van der Waals surface area contributed by atoms with Crippen LogP contribution in [0.3, 0.4) is 0 Å². The van der Waals surface area contributed by atoms with Gasteiger partial charge >= 0.3 is 0 Å². The zero-order valence-electron chi connectivity index (χ0n) is 12.5. The Morgan fingerprint density at radius 3 is 2.57 bits per heavy atom. The highest BCUT2D eigenvalue weighted by Crippen LogP contribution is 2.10. The summed E-state index contributed by atoms with van der Waals surface area (Å²) in [7, 11) is 0. The van der Waals surface area contributed by atoms with E-state index < -0.39 is 24.4 Å². The average molecular weight is 300 g/mol. The largest absolute Gasteiger partial charge is 0.368 e. The minimum Gasteiger partial charge on any atom is -0.368 e. The molecule has 0 aromatic heterocycles. The normalized spacial score (nSPS) is 19.3. The molecule has 2 atom stereocenters. The molecule has 8 nitrogen and oxygen atoms in total. The molecule has 1 saturated heterocycles. The molecule has 1 rings (SSSR count). The minimum atomic E-state index is -0.871. The van der Waals surface area contributed by atoms with E-state index in [2.05, 4.69) is 10.6 Å². The zero-order chi connectivity index (χ0) is 16.0. The lowest BCUT2D eigenvalue weighted by atomic mass is 10.0. The van der Waals surface area contributed by atoms with Gasteiger partial charge in [0.25, 0.3) is 5.91 Å². The summed E-state index contributed by atoms with van der Waals surface area (Å²) in [5.74, 6) is -1.68. The molecule has 1 fully saturated rings. The van der Waals surface area contributed by atoms with E-state index in [0.717, 1.165) is 19.4 Å². The maximum absolute atomic E-state index is 12.1. The number of amides is 3. The van der Waals surface area contributed by atoms with E-state index in [9.17, 15) is 19.6 Å². The van der Waals surface area contributed by atoms with Crippen LogP contribution in [0.25, 0.3) is 0 Å². The molecule has 0 bridgehead atoms. The van der Waals surface area contributed by atoms with Gasteiger partial charge in [-0.25, -0.2) is 5.06 Å². The first kappa shape index (κ1) is 17.4. The number of hydrogen-bond acceptors (Lipinski definition) is 5. The molecule has 0 aromatic carbocycles. The first-order chi connectivity index (χ1) is 9.81. The van der Waals surface area contributed by atoms with Crippen LogP contribution in [0.5, 0.6) is 0 Å². The fraction of sp³-hybridized carbons (Fsp3) is 0.769. The Morgan fingerprint density at radius 2 is 2.10 bits per heavy atom. The van der Waals surface area contributed by atoms with Gasteiger partial charge in [0.2, 0.25) is 11.8 Å². The van der Waals surface area contributed by atoms with Crippen molar-refractivity contribution in [3.05, 3.63) is 0 Å². The number of primary amides is 1. The van der Waals surface area contributed by atoms with Crippen molar-refractivity contribution in [2.75, 3.05) is 13.1 Å². The van der Waals surface area contributed by atoms with E-state index in [1.54, 1.807) is 0 Å². The number of carbonyl (C=O) groups is 3. The molecule has 3 amide bonds. The predicted octanol–water partition coefficient (Wildman–Crippen LogP) is -1.03. The summed E-state index contributed by atoms with van der Waals surface area (Å²) in [5, 5.41) is 15.5. The number of rotatable bonds is 7. The number of nitrogens with one attached hydrogen (secondary N) is 2. The monoisotopic (exact) mass is 300 g/mol. The van der Waals surface area contributed by atoms with Gasteiger partial charge in [0.15, 0.2) is 0 Å². The van der Waals surface area contributed by atoms with E-state index in [4.69, 9.17) is 5.73 Å². The fourth-order valence-electron chi connectivity index (χ4n) is 2.28. The van der Waals surface area contributed by atoms with Crippen LogP contribution in [-0.2, 0) is 14.4 Å². The van der Waals surface area contributed by atoms with E-state index in [0.29, 0.717) is 6.42 Å². The zero-order valence-corrected chi connectivity index (χ0v) is 12.5. The van der Waals surface area contributed by atoms with Crippen molar-refractivity contribution in [1.29, 1.82) is 0 Å². The first-order valence-electron chi connectivity index (χ1n) is 7.13. The maximum atomic E-state index is 12.1. The molecule has 5 N–H and O–H groups in total. The highest BCUT2D eigenvalue weighted by atomic mass is 16.5. The first-order valence-corrected chi connectivity index (χ1v) is 7.13. The van der Waals surface area contributed by atoms with E-state index in [1.165, 1.54) is 0 Å². The van der Waals surface area contributed by atoms with Gasteiger partial charge in [0, 0.05) is 0 Å². The van der Waals surface area contributed by atoms with Gasteiger partial charge in [-0.15, -0.1) is 0 Å². The highest BCUT2D eigenvalue weighted by molar-refractivity contribution is 5.91. The Labute approximate surface area is 124 Å². The van der Waals surface area contributed by atoms with Gasteiger partial charge in [0.1, 0.15) is 12.6 Å². The summed E-state index contributed by atoms with van der Waals surface area (Å²) >= 11 is 0. The second-order valence-electron chi connectivity index (χ2n) is 5.70. The average Bonchev–Trinajstić information content (AvgIpc) is 2.89. The molecule has 0 saturated carbocycles. The summed E-state index contributed by atoms with van der Waals surface area (Å²) in [4.78, 5) is 34.9. The Hall–Kier alpha value is -1.67. The van der Waals surface area contributed by atoms with Crippen molar-refractivity contribution in [1.82, 2.24) is 15.7 Å². The van der Waals surface area contributed by atoms with Crippen molar-refractivity contribution >= 4 is 17.7 Å². The molecule has 8 heteroatoms. The summed E-state index contributed by atoms with van der Waals surface area (Å²) in [5.41, 5.74) is 4.94. The number of nitrogens with two attached hydrogens (primary N) is 1. The summed E-state index contributed by atoms with van der Waals surface area (Å²) in [6, 6.07) is -1.18. The third-order valence-electron chi connectivity index (χ3n) is 3.26. The number of nitrogens with zero attached hydrogens (tertiary/aromatic N) is 1. The van der Waals surface area contributed by atoms with Crippen molar-refractivity contribution < 1.29 is 19.6 Å². The topological polar surface area (TPSA) is 125 Å². The standard InChI is InChI=1S/C13H24N4O4/c1-8(2)6-10(13(20)17(21)7-11(14)18)16-12(19)9-4-3-5-15-9/h8-10,15,21H,3-7H2,1-2H3,(H2,14,18)(H,16,19). The van der Waals surface area contributed by atoms with Gasteiger partial charge in [-0.3, -0.25) is 19.6 Å². The summed E-state index contributed by atoms with van der Waals surface area (Å²) in [6.07, 6.45) is 2.00. The summed E-state index contributed by atoms with van der Waals surface area (Å²) < 4.78 is 0. The van der Waals surface area contributed by atoms with E-state index >= 15 is 0 Å². The lowest BCUT2D eigenvalue weighted by Crippen LogP contribution is -2.53. The van der Waals surface area contributed by atoms with E-state index in [1.807, 2.05) is 13.8 Å². The van der Waals surface area contributed by atoms with Gasteiger partial charge < -0.3 is 16.4 Å². The Kier molecular flexibility index (Phi) is 6.57. The van der Waals surface area contributed by atoms with Gasteiger partial charge in [0.05, 0.1) is 6.04 Å². The molecule has 0 spiro atoms. The van der Waals surface area contributed by atoms with Gasteiger partial charge in [-0.05, 0) is 31.7 Å². The van der Waals surface area contributed by atoms with Crippen LogP contribution in [0.4, 0.5) is 0 Å². The third-order valence-corrected chi connectivity index (χ3v) is 3.26.